The van der Waals surface area contributed by atoms with Crippen LogP contribution in [0.2, 0.25) is 0 Å². The molecule has 1 aliphatic heterocycles. The zero-order valence-electron chi connectivity index (χ0n) is 14.1. The standard InChI is InChI=1S/C17H22N4O3/c1-3-21-15-8-7-12(10-14(15)18-19-21)16(22)20-9-5-6-13(11-20)17(23)24-4-2/h7-8,10,13H,3-6,9,11H2,1-2H3/t13-/m0/s1. The van der Waals surface area contributed by atoms with Gasteiger partial charge in [0.05, 0.1) is 18.0 Å². The maximum atomic E-state index is 12.8. The minimum absolute atomic E-state index is 0.0723. The van der Waals surface area contributed by atoms with Crippen LogP contribution in [0.3, 0.4) is 0 Å². The van der Waals surface area contributed by atoms with Gasteiger partial charge in [0.15, 0.2) is 0 Å². The molecule has 0 aliphatic carbocycles. The minimum Gasteiger partial charge on any atom is -0.466 e. The van der Waals surface area contributed by atoms with Crippen LogP contribution >= 0.6 is 0 Å². The van der Waals surface area contributed by atoms with Crippen LogP contribution in [0, 0.1) is 5.92 Å². The zero-order valence-corrected chi connectivity index (χ0v) is 14.1. The van der Waals surface area contributed by atoms with E-state index in [1.807, 2.05) is 13.0 Å². The Hall–Kier alpha value is -2.44. The Morgan fingerprint density at radius 1 is 1.33 bits per heavy atom. The Bertz CT molecular complexity index is 755. The van der Waals surface area contributed by atoms with E-state index in [2.05, 4.69) is 10.3 Å². The summed E-state index contributed by atoms with van der Waals surface area (Å²) in [6, 6.07) is 5.44. The van der Waals surface area contributed by atoms with Gasteiger partial charge >= 0.3 is 5.97 Å². The summed E-state index contributed by atoms with van der Waals surface area (Å²) in [6.45, 7) is 5.97. The van der Waals surface area contributed by atoms with Crippen LogP contribution in [0.4, 0.5) is 0 Å². The molecule has 0 unspecified atom stereocenters. The summed E-state index contributed by atoms with van der Waals surface area (Å²) in [7, 11) is 0. The fourth-order valence-electron chi connectivity index (χ4n) is 3.14. The van der Waals surface area contributed by atoms with Crippen molar-refractivity contribution in [2.45, 2.75) is 33.2 Å². The van der Waals surface area contributed by atoms with Gasteiger partial charge in [0.25, 0.3) is 5.91 Å². The highest BCUT2D eigenvalue weighted by atomic mass is 16.5. The van der Waals surface area contributed by atoms with Crippen LogP contribution in [0.5, 0.6) is 0 Å². The van der Waals surface area contributed by atoms with E-state index < -0.39 is 0 Å². The molecular weight excluding hydrogens is 308 g/mol. The van der Waals surface area contributed by atoms with Crippen LogP contribution in [0.25, 0.3) is 11.0 Å². The fraction of sp³-hybridized carbons (Fsp3) is 0.529. The lowest BCUT2D eigenvalue weighted by Gasteiger charge is -2.31. The van der Waals surface area contributed by atoms with E-state index >= 15 is 0 Å². The molecule has 2 aromatic rings. The largest absolute Gasteiger partial charge is 0.466 e. The molecule has 1 atom stereocenters. The number of hydrogen-bond donors (Lipinski definition) is 0. The number of likely N-dealkylation sites (tertiary alicyclic amines) is 1. The van der Waals surface area contributed by atoms with E-state index in [0.717, 1.165) is 24.9 Å². The Morgan fingerprint density at radius 3 is 2.92 bits per heavy atom. The van der Waals surface area contributed by atoms with Crippen molar-refractivity contribution in [2.24, 2.45) is 5.92 Å². The van der Waals surface area contributed by atoms with E-state index in [1.54, 1.807) is 28.6 Å². The highest BCUT2D eigenvalue weighted by Gasteiger charge is 2.29. The van der Waals surface area contributed by atoms with Gasteiger partial charge < -0.3 is 9.64 Å². The molecule has 1 aromatic carbocycles. The molecule has 0 radical (unpaired) electrons. The normalized spacial score (nSPS) is 17.9. The van der Waals surface area contributed by atoms with Crippen LogP contribution in [0.15, 0.2) is 18.2 Å². The molecule has 1 amide bonds. The number of carbonyl (C=O) groups is 2. The molecule has 1 fully saturated rings. The number of nitrogens with zero attached hydrogens (tertiary/aromatic N) is 4. The monoisotopic (exact) mass is 330 g/mol. The van der Waals surface area contributed by atoms with Crippen molar-refractivity contribution < 1.29 is 14.3 Å². The summed E-state index contributed by atoms with van der Waals surface area (Å²) < 4.78 is 6.88. The lowest BCUT2D eigenvalue weighted by Crippen LogP contribution is -2.42. The molecule has 1 aromatic heterocycles. The Balaban J connectivity index is 1.77. The van der Waals surface area contributed by atoms with Crippen molar-refractivity contribution in [3.05, 3.63) is 23.8 Å². The van der Waals surface area contributed by atoms with Crippen LogP contribution in [-0.2, 0) is 16.1 Å². The molecule has 128 valence electrons. The molecule has 3 rings (SSSR count). The number of aryl methyl sites for hydroxylation is 1. The van der Waals surface area contributed by atoms with Gasteiger partial charge in [-0.05, 0) is 44.9 Å². The first-order valence-electron chi connectivity index (χ1n) is 8.43. The number of piperidine rings is 1. The van der Waals surface area contributed by atoms with E-state index in [9.17, 15) is 9.59 Å². The van der Waals surface area contributed by atoms with Gasteiger partial charge in [-0.3, -0.25) is 9.59 Å². The number of carbonyl (C=O) groups excluding carboxylic acids is 2. The van der Waals surface area contributed by atoms with Gasteiger partial charge in [-0.25, -0.2) is 4.68 Å². The number of benzene rings is 1. The van der Waals surface area contributed by atoms with Crippen LogP contribution in [-0.4, -0.2) is 51.5 Å². The second-order valence-electron chi connectivity index (χ2n) is 5.95. The van der Waals surface area contributed by atoms with Crippen molar-refractivity contribution in [3.8, 4) is 0 Å². The SMILES string of the molecule is CCOC(=O)[C@H]1CCCN(C(=O)c2ccc3c(c2)nnn3CC)C1. The predicted molar refractivity (Wildman–Crippen MR) is 88.5 cm³/mol. The topological polar surface area (TPSA) is 77.3 Å². The molecule has 0 spiro atoms. The van der Waals surface area contributed by atoms with Gasteiger partial charge in [-0.2, -0.15) is 0 Å². The summed E-state index contributed by atoms with van der Waals surface area (Å²) in [5.74, 6) is -0.513. The van der Waals surface area contributed by atoms with Crippen LogP contribution < -0.4 is 0 Å². The summed E-state index contributed by atoms with van der Waals surface area (Å²) in [5.41, 5.74) is 2.20. The third-order valence-electron chi connectivity index (χ3n) is 4.39. The number of ether oxygens (including phenoxy) is 1. The van der Waals surface area contributed by atoms with Crippen molar-refractivity contribution >= 4 is 22.9 Å². The first kappa shape index (κ1) is 16.4. The molecular formula is C17H22N4O3. The van der Waals surface area contributed by atoms with Gasteiger partial charge in [-0.15, -0.1) is 5.10 Å². The quantitative estimate of drug-likeness (QED) is 0.800. The number of aromatic nitrogens is 3. The molecule has 1 saturated heterocycles. The number of fused-ring (bicyclic) bond motifs is 1. The van der Waals surface area contributed by atoms with Gasteiger partial charge in [0, 0.05) is 25.2 Å². The lowest BCUT2D eigenvalue weighted by atomic mass is 9.97. The summed E-state index contributed by atoms with van der Waals surface area (Å²) in [6.07, 6.45) is 1.58. The Morgan fingerprint density at radius 2 is 2.17 bits per heavy atom. The Labute approximate surface area is 140 Å². The predicted octanol–water partition coefficient (Wildman–Crippen LogP) is 1.87. The summed E-state index contributed by atoms with van der Waals surface area (Å²) >= 11 is 0. The Kier molecular flexibility index (Phi) is 4.78. The van der Waals surface area contributed by atoms with Gasteiger partial charge in [0.1, 0.15) is 5.52 Å². The van der Waals surface area contributed by atoms with Crippen molar-refractivity contribution in [2.75, 3.05) is 19.7 Å². The zero-order chi connectivity index (χ0) is 17.1. The van der Waals surface area contributed by atoms with Gasteiger partial charge in [-0.1, -0.05) is 5.21 Å². The second-order valence-corrected chi connectivity index (χ2v) is 5.95. The van der Waals surface area contributed by atoms with E-state index in [-0.39, 0.29) is 17.8 Å². The van der Waals surface area contributed by atoms with Crippen molar-refractivity contribution in [3.63, 3.8) is 0 Å². The number of hydrogen-bond acceptors (Lipinski definition) is 5. The maximum Gasteiger partial charge on any atom is 0.310 e. The summed E-state index contributed by atoms with van der Waals surface area (Å²) in [4.78, 5) is 26.4. The van der Waals surface area contributed by atoms with Crippen molar-refractivity contribution in [1.29, 1.82) is 0 Å². The fourth-order valence-corrected chi connectivity index (χ4v) is 3.14. The molecule has 0 bridgehead atoms. The third kappa shape index (κ3) is 3.11. The molecule has 0 saturated carbocycles. The maximum absolute atomic E-state index is 12.8. The lowest BCUT2D eigenvalue weighted by molar-refractivity contribution is -0.149. The van der Waals surface area contributed by atoms with E-state index in [0.29, 0.717) is 30.8 Å². The van der Waals surface area contributed by atoms with E-state index in [1.165, 1.54) is 0 Å². The average Bonchev–Trinajstić information content (AvgIpc) is 3.03. The third-order valence-corrected chi connectivity index (χ3v) is 4.39. The number of rotatable bonds is 4. The van der Waals surface area contributed by atoms with Gasteiger partial charge in [0.2, 0.25) is 0 Å². The molecule has 7 nitrogen and oxygen atoms in total. The molecule has 2 heterocycles. The highest BCUT2D eigenvalue weighted by molar-refractivity contribution is 5.97. The van der Waals surface area contributed by atoms with Crippen molar-refractivity contribution in [1.82, 2.24) is 19.9 Å². The van der Waals surface area contributed by atoms with E-state index in [4.69, 9.17) is 4.74 Å². The highest BCUT2D eigenvalue weighted by Crippen LogP contribution is 2.21. The first-order valence-corrected chi connectivity index (χ1v) is 8.43. The smallest absolute Gasteiger partial charge is 0.310 e. The average molecular weight is 330 g/mol. The summed E-state index contributed by atoms with van der Waals surface area (Å²) in [5, 5.41) is 8.18. The second kappa shape index (κ2) is 6.98. The molecule has 7 heteroatoms. The first-order chi connectivity index (χ1) is 11.6. The number of amides is 1. The minimum atomic E-state index is -0.229. The van der Waals surface area contributed by atoms with Crippen LogP contribution in [0.1, 0.15) is 37.0 Å². The molecule has 24 heavy (non-hydrogen) atoms. The molecule has 0 N–H and O–H groups in total. The number of esters is 1. The molecule has 1 aliphatic rings.